The fraction of sp³-hybridized carbons (Fsp3) is 0.429. The van der Waals surface area contributed by atoms with Gasteiger partial charge in [0, 0.05) is 7.11 Å². The van der Waals surface area contributed by atoms with Crippen molar-refractivity contribution < 1.29 is 14.9 Å². The molecule has 4 aromatic rings. The van der Waals surface area contributed by atoms with E-state index in [1.54, 1.807) is 24.3 Å². The Morgan fingerprint density at radius 2 is 0.933 bits per heavy atom. The molecule has 3 nitrogen and oxygen atoms in total. The Balaban J connectivity index is 0.000000266. The quantitative estimate of drug-likeness (QED) is 0.131. The normalized spacial score (nSPS) is 12.7. The lowest BCUT2D eigenvalue weighted by molar-refractivity contribution is 0.0134. The predicted octanol–water partition coefficient (Wildman–Crippen LogP) is 11.8. The fourth-order valence-electron chi connectivity index (χ4n) is 6.41. The number of methoxy groups -OCH3 is 1. The summed E-state index contributed by atoms with van der Waals surface area (Å²) < 4.78 is 5.41. The molecule has 242 valence electrons. The lowest BCUT2D eigenvalue weighted by atomic mass is 9.68. The maximum atomic E-state index is 9.85. The molecule has 0 aliphatic heterocycles. The van der Waals surface area contributed by atoms with E-state index in [9.17, 15) is 10.2 Å². The van der Waals surface area contributed by atoms with Gasteiger partial charge in [-0.3, -0.25) is 0 Å². The van der Waals surface area contributed by atoms with Crippen molar-refractivity contribution in [2.75, 3.05) is 7.11 Å². The summed E-state index contributed by atoms with van der Waals surface area (Å²) in [5, 5.41) is 19.7. The van der Waals surface area contributed by atoms with Gasteiger partial charge in [-0.2, -0.15) is 0 Å². The van der Waals surface area contributed by atoms with Crippen molar-refractivity contribution in [3.05, 3.63) is 119 Å². The Morgan fingerprint density at radius 3 is 1.33 bits per heavy atom. The van der Waals surface area contributed by atoms with E-state index in [0.717, 1.165) is 11.1 Å². The number of phenolic OH excluding ortho intramolecular Hbond substituents is 2. The molecule has 0 amide bonds. The van der Waals surface area contributed by atoms with Crippen molar-refractivity contribution in [1.29, 1.82) is 0 Å². The van der Waals surface area contributed by atoms with Gasteiger partial charge in [0.25, 0.3) is 0 Å². The van der Waals surface area contributed by atoms with Gasteiger partial charge in [0.05, 0.1) is 11.0 Å². The molecular weight excluding hydrogens is 552 g/mol. The molecule has 5 rings (SSSR count). The molecule has 0 saturated heterocycles. The summed E-state index contributed by atoms with van der Waals surface area (Å²) in [6, 6.07) is 31.9. The molecule has 0 atom stereocenters. The van der Waals surface area contributed by atoms with Crippen molar-refractivity contribution in [2.45, 2.75) is 110 Å². The van der Waals surface area contributed by atoms with E-state index in [4.69, 9.17) is 4.74 Å². The largest absolute Gasteiger partial charge is 0.508 e. The third kappa shape index (κ3) is 9.01. The maximum Gasteiger partial charge on any atom is 0.115 e. The standard InChI is InChI=1S/C25H18O2.C15H32O.C2H6/c26-19-13-9-17(10-14-19)25(18-11-15-20(27)16-12-18)23-7-3-1-5-21(23)22-6-2-4-8-24(22)25;1-5-6-7-8-9-10-11-12-13-14-15(2,3)16-4;1-2/h1-16,26-27H;5-14H2,1-4H3;1-2H3. The van der Waals surface area contributed by atoms with Gasteiger partial charge in [0.15, 0.2) is 0 Å². The highest BCUT2D eigenvalue weighted by Crippen LogP contribution is 2.56. The second kappa shape index (κ2) is 17.8. The summed E-state index contributed by atoms with van der Waals surface area (Å²) in [5.74, 6) is 0.498. The topological polar surface area (TPSA) is 49.7 Å². The van der Waals surface area contributed by atoms with E-state index in [-0.39, 0.29) is 17.1 Å². The number of hydrogen-bond acceptors (Lipinski definition) is 3. The highest BCUT2D eigenvalue weighted by atomic mass is 16.5. The highest BCUT2D eigenvalue weighted by Gasteiger charge is 2.45. The molecule has 45 heavy (non-hydrogen) atoms. The molecule has 0 heterocycles. The van der Waals surface area contributed by atoms with Gasteiger partial charge in [-0.05, 0) is 77.9 Å². The number of hydrogen-bond donors (Lipinski definition) is 2. The van der Waals surface area contributed by atoms with Crippen LogP contribution in [0.3, 0.4) is 0 Å². The lowest BCUT2D eigenvalue weighted by Crippen LogP contribution is -2.28. The summed E-state index contributed by atoms with van der Waals surface area (Å²) in [7, 11) is 1.81. The van der Waals surface area contributed by atoms with Crippen LogP contribution in [0.25, 0.3) is 11.1 Å². The number of phenols is 2. The molecule has 3 heteroatoms. The Hall–Kier alpha value is -3.56. The summed E-state index contributed by atoms with van der Waals surface area (Å²) in [6.07, 6.45) is 13.8. The minimum Gasteiger partial charge on any atom is -0.508 e. The summed E-state index contributed by atoms with van der Waals surface area (Å²) in [4.78, 5) is 0. The molecule has 1 aliphatic rings. The molecule has 0 saturated carbocycles. The second-order valence-electron chi connectivity index (χ2n) is 12.5. The van der Waals surface area contributed by atoms with Gasteiger partial charge in [-0.1, -0.05) is 151 Å². The number of benzene rings is 4. The zero-order valence-corrected chi connectivity index (χ0v) is 28.6. The van der Waals surface area contributed by atoms with E-state index in [1.165, 1.54) is 86.5 Å². The average Bonchev–Trinajstić information content (AvgIpc) is 3.37. The first-order chi connectivity index (χ1) is 21.8. The van der Waals surface area contributed by atoms with Gasteiger partial charge >= 0.3 is 0 Å². The Morgan fingerprint density at radius 1 is 0.556 bits per heavy atom. The fourth-order valence-corrected chi connectivity index (χ4v) is 6.41. The van der Waals surface area contributed by atoms with Crippen LogP contribution < -0.4 is 0 Å². The van der Waals surface area contributed by atoms with Crippen LogP contribution in [0.5, 0.6) is 11.5 Å². The zero-order valence-electron chi connectivity index (χ0n) is 28.6. The third-order valence-electron chi connectivity index (χ3n) is 8.99. The summed E-state index contributed by atoms with van der Waals surface area (Å²) in [5.41, 5.74) is 6.62. The van der Waals surface area contributed by atoms with E-state index in [2.05, 4.69) is 69.3 Å². The van der Waals surface area contributed by atoms with Crippen molar-refractivity contribution in [2.24, 2.45) is 0 Å². The molecular formula is C42H56O3. The molecule has 0 radical (unpaired) electrons. The minimum absolute atomic E-state index is 0.0845. The Kier molecular flexibility index (Phi) is 14.2. The smallest absolute Gasteiger partial charge is 0.115 e. The molecule has 4 aromatic carbocycles. The maximum absolute atomic E-state index is 9.85. The first-order valence-corrected chi connectivity index (χ1v) is 17.2. The van der Waals surface area contributed by atoms with E-state index < -0.39 is 5.41 Å². The molecule has 0 spiro atoms. The van der Waals surface area contributed by atoms with E-state index >= 15 is 0 Å². The van der Waals surface area contributed by atoms with Crippen LogP contribution in [0.1, 0.15) is 121 Å². The zero-order chi connectivity index (χ0) is 32.7. The van der Waals surface area contributed by atoms with Gasteiger partial charge < -0.3 is 14.9 Å². The van der Waals surface area contributed by atoms with E-state index in [1.807, 2.05) is 45.2 Å². The first kappa shape index (κ1) is 35.9. The Labute approximate surface area is 273 Å². The predicted molar refractivity (Wildman–Crippen MR) is 191 cm³/mol. The van der Waals surface area contributed by atoms with Crippen molar-refractivity contribution in [3.63, 3.8) is 0 Å². The van der Waals surface area contributed by atoms with Gasteiger partial charge in [-0.25, -0.2) is 0 Å². The number of unbranched alkanes of at least 4 members (excludes halogenated alkanes) is 8. The van der Waals surface area contributed by atoms with Crippen LogP contribution in [0.2, 0.25) is 0 Å². The van der Waals surface area contributed by atoms with Gasteiger partial charge in [0.1, 0.15) is 11.5 Å². The lowest BCUT2D eigenvalue weighted by Gasteiger charge is -2.33. The van der Waals surface area contributed by atoms with Crippen molar-refractivity contribution >= 4 is 0 Å². The molecule has 0 unspecified atom stereocenters. The van der Waals surface area contributed by atoms with Gasteiger partial charge in [0.2, 0.25) is 0 Å². The Bertz CT molecular complexity index is 1310. The van der Waals surface area contributed by atoms with Gasteiger partial charge in [-0.15, -0.1) is 0 Å². The van der Waals surface area contributed by atoms with Crippen LogP contribution in [0.4, 0.5) is 0 Å². The van der Waals surface area contributed by atoms with Crippen LogP contribution >= 0.6 is 0 Å². The van der Waals surface area contributed by atoms with Crippen molar-refractivity contribution in [3.8, 4) is 22.6 Å². The van der Waals surface area contributed by atoms with Crippen LogP contribution in [0, 0.1) is 0 Å². The summed E-state index contributed by atoms with van der Waals surface area (Å²) >= 11 is 0. The molecule has 1 aliphatic carbocycles. The number of fused-ring (bicyclic) bond motifs is 3. The number of ether oxygens (including phenoxy) is 1. The average molecular weight is 609 g/mol. The number of aromatic hydroxyl groups is 2. The number of rotatable bonds is 13. The van der Waals surface area contributed by atoms with Crippen LogP contribution in [-0.2, 0) is 10.2 Å². The van der Waals surface area contributed by atoms with Crippen LogP contribution in [0.15, 0.2) is 97.1 Å². The van der Waals surface area contributed by atoms with Crippen LogP contribution in [-0.4, -0.2) is 22.9 Å². The molecule has 0 aromatic heterocycles. The van der Waals surface area contributed by atoms with E-state index in [0.29, 0.717) is 0 Å². The minimum atomic E-state index is -0.491. The highest BCUT2D eigenvalue weighted by molar-refractivity contribution is 5.86. The van der Waals surface area contributed by atoms with Crippen molar-refractivity contribution in [1.82, 2.24) is 0 Å². The second-order valence-corrected chi connectivity index (χ2v) is 12.5. The summed E-state index contributed by atoms with van der Waals surface area (Å²) in [6.45, 7) is 10.6. The molecule has 0 bridgehead atoms. The molecule has 0 fully saturated rings. The third-order valence-corrected chi connectivity index (χ3v) is 8.99. The SMILES string of the molecule is CC.CCCCCCCCCCCC(C)(C)OC.Oc1ccc(C2(c3ccc(O)cc3)c3ccccc3-c3ccccc32)cc1. The monoisotopic (exact) mass is 608 g/mol. The molecule has 2 N–H and O–H groups in total. The first-order valence-electron chi connectivity index (χ1n) is 17.2.